The van der Waals surface area contributed by atoms with E-state index in [-0.39, 0.29) is 4.90 Å². The van der Waals surface area contributed by atoms with Crippen LogP contribution in [0.1, 0.15) is 12.0 Å². The molecule has 0 saturated carbocycles. The van der Waals surface area contributed by atoms with Crippen LogP contribution in [0.25, 0.3) is 0 Å². The molecule has 1 fully saturated rings. The molecule has 1 heterocycles. The number of thioether (sulfide) groups is 1. The number of rotatable bonds is 2. The molecule has 0 atom stereocenters. The highest BCUT2D eigenvalue weighted by Crippen LogP contribution is 2.27. The highest BCUT2D eigenvalue weighted by atomic mass is 32.2. The first-order valence-electron chi connectivity index (χ1n) is 5.96. The number of anilines is 1. The van der Waals surface area contributed by atoms with Crippen molar-refractivity contribution in [1.82, 2.24) is 4.31 Å². The van der Waals surface area contributed by atoms with Crippen molar-refractivity contribution in [2.45, 2.75) is 18.2 Å². The fourth-order valence-corrected chi connectivity index (χ4v) is 4.92. The minimum Gasteiger partial charge on any atom is -0.398 e. The third kappa shape index (κ3) is 2.65. The topological polar surface area (TPSA) is 63.4 Å². The molecule has 1 aromatic rings. The number of nitrogens with two attached hydrogens (primary N) is 1. The lowest BCUT2D eigenvalue weighted by molar-refractivity contribution is 0.435. The second kappa shape index (κ2) is 5.50. The quantitative estimate of drug-likeness (QED) is 0.841. The van der Waals surface area contributed by atoms with Gasteiger partial charge in [-0.25, -0.2) is 8.42 Å². The molecule has 0 radical (unpaired) electrons. The van der Waals surface area contributed by atoms with Gasteiger partial charge in [0.2, 0.25) is 10.0 Å². The van der Waals surface area contributed by atoms with E-state index in [4.69, 9.17) is 5.73 Å². The predicted molar refractivity (Wildman–Crippen MR) is 76.3 cm³/mol. The smallest absolute Gasteiger partial charge is 0.245 e. The van der Waals surface area contributed by atoms with E-state index in [9.17, 15) is 8.42 Å². The molecule has 18 heavy (non-hydrogen) atoms. The second-order valence-corrected chi connectivity index (χ2v) is 7.46. The van der Waals surface area contributed by atoms with Gasteiger partial charge in [0.1, 0.15) is 4.90 Å². The summed E-state index contributed by atoms with van der Waals surface area (Å²) in [6, 6.07) is 5.21. The standard InChI is InChI=1S/C12H18N2O2S2/c1-10-4-2-5-11(13)12(10)18(15,16)14-6-3-8-17-9-7-14/h2,4-5H,3,6-9,13H2,1H3. The van der Waals surface area contributed by atoms with Crippen LogP contribution in [0.3, 0.4) is 0 Å². The van der Waals surface area contributed by atoms with Crippen molar-refractivity contribution in [3.8, 4) is 0 Å². The summed E-state index contributed by atoms with van der Waals surface area (Å²) in [5.74, 6) is 1.88. The van der Waals surface area contributed by atoms with Gasteiger partial charge >= 0.3 is 0 Å². The number of nitrogens with zero attached hydrogens (tertiary/aromatic N) is 1. The van der Waals surface area contributed by atoms with Crippen molar-refractivity contribution in [2.75, 3.05) is 30.3 Å². The van der Waals surface area contributed by atoms with E-state index in [0.717, 1.165) is 17.9 Å². The Bertz CT molecular complexity index is 501. The largest absolute Gasteiger partial charge is 0.398 e. The van der Waals surface area contributed by atoms with Crippen molar-refractivity contribution in [2.24, 2.45) is 0 Å². The highest BCUT2D eigenvalue weighted by molar-refractivity contribution is 7.99. The Morgan fingerprint density at radius 3 is 2.78 bits per heavy atom. The van der Waals surface area contributed by atoms with Crippen LogP contribution in [0.5, 0.6) is 0 Å². The molecule has 0 bridgehead atoms. The van der Waals surface area contributed by atoms with Crippen molar-refractivity contribution in [1.29, 1.82) is 0 Å². The number of sulfonamides is 1. The summed E-state index contributed by atoms with van der Waals surface area (Å²) in [4.78, 5) is 0.275. The van der Waals surface area contributed by atoms with E-state index >= 15 is 0 Å². The first-order chi connectivity index (χ1) is 8.53. The molecule has 2 rings (SSSR count). The molecule has 1 saturated heterocycles. The van der Waals surface area contributed by atoms with Crippen LogP contribution in [0, 0.1) is 6.92 Å². The van der Waals surface area contributed by atoms with Crippen molar-refractivity contribution in [3.63, 3.8) is 0 Å². The summed E-state index contributed by atoms with van der Waals surface area (Å²) in [5, 5.41) is 0. The number of benzene rings is 1. The Balaban J connectivity index is 2.41. The molecule has 2 N–H and O–H groups in total. The van der Waals surface area contributed by atoms with Gasteiger partial charge in [-0.1, -0.05) is 12.1 Å². The van der Waals surface area contributed by atoms with E-state index in [1.807, 2.05) is 0 Å². The van der Waals surface area contributed by atoms with Crippen LogP contribution in [-0.2, 0) is 10.0 Å². The minimum atomic E-state index is -3.45. The van der Waals surface area contributed by atoms with Gasteiger partial charge in [-0.3, -0.25) is 0 Å². The molecule has 0 aromatic heterocycles. The summed E-state index contributed by atoms with van der Waals surface area (Å²) in [6.45, 7) is 2.94. The molecule has 4 nitrogen and oxygen atoms in total. The van der Waals surface area contributed by atoms with Gasteiger partial charge < -0.3 is 5.73 Å². The third-order valence-electron chi connectivity index (χ3n) is 3.02. The molecule has 100 valence electrons. The Kier molecular flexibility index (Phi) is 4.19. The van der Waals surface area contributed by atoms with Crippen molar-refractivity contribution in [3.05, 3.63) is 23.8 Å². The second-order valence-electron chi connectivity index (χ2n) is 4.36. The van der Waals surface area contributed by atoms with E-state index in [0.29, 0.717) is 24.3 Å². The molecule has 1 aliphatic rings. The number of hydrogen-bond donors (Lipinski definition) is 1. The van der Waals surface area contributed by atoms with Crippen LogP contribution in [0.4, 0.5) is 5.69 Å². The first kappa shape index (κ1) is 13.7. The summed E-state index contributed by atoms with van der Waals surface area (Å²) in [5.41, 5.74) is 6.90. The fraction of sp³-hybridized carbons (Fsp3) is 0.500. The summed E-state index contributed by atoms with van der Waals surface area (Å²) in [6.07, 6.45) is 0.898. The average molecular weight is 286 g/mol. The molecule has 0 spiro atoms. The zero-order chi connectivity index (χ0) is 13.2. The maximum absolute atomic E-state index is 12.6. The van der Waals surface area contributed by atoms with Gasteiger partial charge in [0, 0.05) is 18.8 Å². The van der Waals surface area contributed by atoms with Gasteiger partial charge in [-0.15, -0.1) is 0 Å². The zero-order valence-corrected chi connectivity index (χ0v) is 12.1. The lowest BCUT2D eigenvalue weighted by Crippen LogP contribution is -2.33. The SMILES string of the molecule is Cc1cccc(N)c1S(=O)(=O)N1CCCSCC1. The van der Waals surface area contributed by atoms with Crippen LogP contribution in [0.15, 0.2) is 23.1 Å². The first-order valence-corrected chi connectivity index (χ1v) is 8.56. The van der Waals surface area contributed by atoms with E-state index in [1.165, 1.54) is 0 Å². The Morgan fingerprint density at radius 2 is 2.06 bits per heavy atom. The van der Waals surface area contributed by atoms with E-state index < -0.39 is 10.0 Å². The maximum Gasteiger partial charge on any atom is 0.245 e. The van der Waals surface area contributed by atoms with Gasteiger partial charge in [0.25, 0.3) is 0 Å². The Labute approximate surface area is 113 Å². The molecule has 0 unspecified atom stereocenters. The van der Waals surface area contributed by atoms with Gasteiger partial charge in [0.05, 0.1) is 5.69 Å². The summed E-state index contributed by atoms with van der Waals surface area (Å²) in [7, 11) is -3.45. The normalized spacial score (nSPS) is 18.5. The minimum absolute atomic E-state index is 0.275. The molecule has 0 aliphatic carbocycles. The molecule has 1 aliphatic heterocycles. The summed E-state index contributed by atoms with van der Waals surface area (Å²) >= 11 is 1.80. The van der Waals surface area contributed by atoms with Crippen molar-refractivity contribution >= 4 is 27.5 Å². The molecule has 1 aromatic carbocycles. The monoisotopic (exact) mass is 286 g/mol. The maximum atomic E-state index is 12.6. The lowest BCUT2D eigenvalue weighted by atomic mass is 10.2. The summed E-state index contributed by atoms with van der Waals surface area (Å²) < 4.78 is 26.8. The van der Waals surface area contributed by atoms with Crippen molar-refractivity contribution < 1.29 is 8.42 Å². The van der Waals surface area contributed by atoms with E-state index in [2.05, 4.69) is 0 Å². The van der Waals surface area contributed by atoms with Gasteiger partial charge in [-0.2, -0.15) is 16.1 Å². The fourth-order valence-electron chi connectivity index (χ4n) is 2.12. The predicted octanol–water partition coefficient (Wildman–Crippen LogP) is 1.70. The number of hydrogen-bond acceptors (Lipinski definition) is 4. The zero-order valence-electron chi connectivity index (χ0n) is 10.4. The Hall–Kier alpha value is -0.720. The van der Waals surface area contributed by atoms with Gasteiger partial charge in [0.15, 0.2) is 0 Å². The van der Waals surface area contributed by atoms with Crippen LogP contribution >= 0.6 is 11.8 Å². The number of nitrogen functional groups attached to an aromatic ring is 1. The van der Waals surface area contributed by atoms with Crippen LogP contribution in [0.2, 0.25) is 0 Å². The molecule has 0 amide bonds. The van der Waals surface area contributed by atoms with Crippen LogP contribution in [-0.4, -0.2) is 37.3 Å². The number of aryl methyl sites for hydroxylation is 1. The highest BCUT2D eigenvalue weighted by Gasteiger charge is 2.28. The average Bonchev–Trinajstić information content (AvgIpc) is 2.57. The molecular weight excluding hydrogens is 268 g/mol. The van der Waals surface area contributed by atoms with E-state index in [1.54, 1.807) is 41.2 Å². The molecule has 6 heteroatoms. The van der Waals surface area contributed by atoms with Gasteiger partial charge in [-0.05, 0) is 30.7 Å². The lowest BCUT2D eigenvalue weighted by Gasteiger charge is -2.21. The van der Waals surface area contributed by atoms with Crippen LogP contribution < -0.4 is 5.73 Å². The molecular formula is C12H18N2O2S2. The third-order valence-corrected chi connectivity index (χ3v) is 6.19. The Morgan fingerprint density at radius 1 is 1.28 bits per heavy atom.